The molecule has 26 heavy (non-hydrogen) atoms. The van der Waals surface area contributed by atoms with Crippen LogP contribution in [0.25, 0.3) is 0 Å². The number of aliphatic carboxylic acids is 1. The van der Waals surface area contributed by atoms with Crippen molar-refractivity contribution in [3.63, 3.8) is 0 Å². The molecule has 1 heterocycles. The Bertz CT molecular complexity index is 781. The highest BCUT2D eigenvalue weighted by Crippen LogP contribution is 2.25. The number of benzene rings is 1. The Labute approximate surface area is 152 Å². The van der Waals surface area contributed by atoms with Gasteiger partial charge in [0, 0.05) is 13.1 Å². The summed E-state index contributed by atoms with van der Waals surface area (Å²) in [6.45, 7) is 3.24. The fraction of sp³-hybridized carbons (Fsp3) is 0.529. The molecule has 2 atom stereocenters. The molecule has 0 saturated carbocycles. The lowest BCUT2D eigenvalue weighted by molar-refractivity contribution is -0.148. The predicted molar refractivity (Wildman–Crippen MR) is 93.3 cm³/mol. The van der Waals surface area contributed by atoms with Crippen molar-refractivity contribution in [2.24, 2.45) is 5.92 Å². The molecule has 144 valence electrons. The third-order valence-corrected chi connectivity index (χ3v) is 6.58. The van der Waals surface area contributed by atoms with E-state index in [9.17, 15) is 27.5 Å². The van der Waals surface area contributed by atoms with Crippen molar-refractivity contribution >= 4 is 21.9 Å². The second kappa shape index (κ2) is 7.71. The summed E-state index contributed by atoms with van der Waals surface area (Å²) in [6.07, 6.45) is 0.998. The molecule has 2 unspecified atom stereocenters. The first kappa shape index (κ1) is 20.3. The van der Waals surface area contributed by atoms with Gasteiger partial charge in [0.2, 0.25) is 15.9 Å². The molecule has 0 aromatic heterocycles. The lowest BCUT2D eigenvalue weighted by atomic mass is 9.90. The molecule has 0 spiro atoms. The molecule has 1 saturated heterocycles. The number of sulfonamides is 1. The van der Waals surface area contributed by atoms with E-state index in [1.165, 1.54) is 30.3 Å². The summed E-state index contributed by atoms with van der Waals surface area (Å²) < 4.78 is 38.5. The molecule has 1 aromatic carbocycles. The first-order chi connectivity index (χ1) is 12.1. The van der Waals surface area contributed by atoms with Gasteiger partial charge in [0.1, 0.15) is 5.82 Å². The number of piperidine rings is 1. The Morgan fingerprint density at radius 3 is 2.50 bits per heavy atom. The minimum Gasteiger partial charge on any atom is -0.479 e. The maximum absolute atomic E-state index is 13.1. The van der Waals surface area contributed by atoms with E-state index in [1.54, 1.807) is 0 Å². The first-order valence-electron chi connectivity index (χ1n) is 8.39. The van der Waals surface area contributed by atoms with E-state index < -0.39 is 39.2 Å². The van der Waals surface area contributed by atoms with Crippen molar-refractivity contribution in [3.8, 4) is 0 Å². The van der Waals surface area contributed by atoms with Crippen LogP contribution in [0.2, 0.25) is 0 Å². The van der Waals surface area contributed by atoms with Crippen LogP contribution in [0.3, 0.4) is 0 Å². The SMILES string of the molecule is CCS(=O)(=O)N1CCCC(C(=O)NC(C)(C(=O)O)c2ccc(F)cc2)C1. The van der Waals surface area contributed by atoms with Crippen molar-refractivity contribution in [3.05, 3.63) is 35.6 Å². The van der Waals surface area contributed by atoms with E-state index in [4.69, 9.17) is 0 Å². The second-order valence-electron chi connectivity index (χ2n) is 6.52. The molecule has 1 aliphatic heterocycles. The zero-order chi connectivity index (χ0) is 19.5. The van der Waals surface area contributed by atoms with Gasteiger partial charge in [-0.3, -0.25) is 4.79 Å². The third-order valence-electron chi connectivity index (χ3n) is 4.74. The smallest absolute Gasteiger partial charge is 0.333 e. The number of amides is 1. The van der Waals surface area contributed by atoms with E-state index in [2.05, 4.69) is 5.32 Å². The minimum absolute atomic E-state index is 0.0289. The number of hydrogen-bond acceptors (Lipinski definition) is 4. The second-order valence-corrected chi connectivity index (χ2v) is 8.78. The third kappa shape index (κ3) is 4.21. The van der Waals surface area contributed by atoms with Gasteiger partial charge in [0.25, 0.3) is 0 Å². The highest BCUT2D eigenvalue weighted by atomic mass is 32.2. The summed E-state index contributed by atoms with van der Waals surface area (Å²) in [5.41, 5.74) is -1.51. The summed E-state index contributed by atoms with van der Waals surface area (Å²) in [5, 5.41) is 12.1. The summed E-state index contributed by atoms with van der Waals surface area (Å²) in [7, 11) is -3.41. The van der Waals surface area contributed by atoms with Crippen molar-refractivity contribution < 1.29 is 27.5 Å². The Kier molecular flexibility index (Phi) is 6.02. The predicted octanol–water partition coefficient (Wildman–Crippen LogP) is 1.30. The largest absolute Gasteiger partial charge is 0.479 e. The maximum Gasteiger partial charge on any atom is 0.333 e. The van der Waals surface area contributed by atoms with Gasteiger partial charge >= 0.3 is 5.97 Å². The fourth-order valence-corrected chi connectivity index (χ4v) is 4.15. The number of nitrogens with one attached hydrogen (secondary N) is 1. The van der Waals surface area contributed by atoms with E-state index >= 15 is 0 Å². The van der Waals surface area contributed by atoms with E-state index in [0.717, 1.165) is 12.1 Å². The summed E-state index contributed by atoms with van der Waals surface area (Å²) in [6, 6.07) is 4.86. The van der Waals surface area contributed by atoms with Crippen molar-refractivity contribution in [2.75, 3.05) is 18.8 Å². The molecule has 0 bridgehead atoms. The molecule has 0 radical (unpaired) electrons. The average molecular weight is 386 g/mol. The number of carbonyl (C=O) groups excluding carboxylic acids is 1. The Hall–Kier alpha value is -2.00. The molecular weight excluding hydrogens is 363 g/mol. The highest BCUT2D eigenvalue weighted by Gasteiger charge is 2.40. The minimum atomic E-state index is -3.41. The van der Waals surface area contributed by atoms with Gasteiger partial charge < -0.3 is 10.4 Å². The van der Waals surface area contributed by atoms with Crippen LogP contribution in [0.15, 0.2) is 24.3 Å². The molecular formula is C17H23FN2O5S. The highest BCUT2D eigenvalue weighted by molar-refractivity contribution is 7.89. The monoisotopic (exact) mass is 386 g/mol. The van der Waals surface area contributed by atoms with Crippen LogP contribution in [-0.4, -0.2) is 48.5 Å². The van der Waals surface area contributed by atoms with Gasteiger partial charge in [-0.05, 0) is 44.4 Å². The molecule has 1 aliphatic rings. The standard InChI is InChI=1S/C17H23FN2O5S/c1-3-26(24,25)20-10-4-5-12(11-20)15(21)19-17(2,16(22)23)13-6-8-14(18)9-7-13/h6-9,12H,3-5,10-11H2,1-2H3,(H,19,21)(H,22,23). The van der Waals surface area contributed by atoms with Crippen LogP contribution in [0.5, 0.6) is 0 Å². The summed E-state index contributed by atoms with van der Waals surface area (Å²) in [5.74, 6) is -3.02. The van der Waals surface area contributed by atoms with Crippen molar-refractivity contribution in [2.45, 2.75) is 32.2 Å². The van der Waals surface area contributed by atoms with Gasteiger partial charge in [-0.1, -0.05) is 12.1 Å². The molecule has 0 aliphatic carbocycles. The zero-order valence-corrected chi connectivity index (χ0v) is 15.6. The van der Waals surface area contributed by atoms with Crippen molar-refractivity contribution in [1.82, 2.24) is 9.62 Å². The fourth-order valence-electron chi connectivity index (χ4n) is 2.97. The van der Waals surface area contributed by atoms with E-state index in [0.29, 0.717) is 19.4 Å². The Balaban J connectivity index is 2.20. The normalized spacial score (nSPS) is 21.0. The van der Waals surface area contributed by atoms with Crippen LogP contribution in [0, 0.1) is 11.7 Å². The van der Waals surface area contributed by atoms with Crippen LogP contribution >= 0.6 is 0 Å². The number of rotatable bonds is 6. The molecule has 1 fully saturated rings. The van der Waals surface area contributed by atoms with Crippen molar-refractivity contribution in [1.29, 1.82) is 0 Å². The number of carboxylic acids is 1. The molecule has 2 rings (SSSR count). The quantitative estimate of drug-likeness (QED) is 0.767. The zero-order valence-electron chi connectivity index (χ0n) is 14.7. The van der Waals surface area contributed by atoms with Crippen LogP contribution < -0.4 is 5.32 Å². The number of carboxylic acid groups (broad SMARTS) is 1. The summed E-state index contributed by atoms with van der Waals surface area (Å²) in [4.78, 5) is 24.4. The van der Waals surface area contributed by atoms with Gasteiger partial charge in [-0.25, -0.2) is 21.9 Å². The van der Waals surface area contributed by atoms with Crippen LogP contribution in [-0.2, 0) is 25.2 Å². The van der Waals surface area contributed by atoms with E-state index in [1.807, 2.05) is 0 Å². The average Bonchev–Trinajstić information content (AvgIpc) is 2.62. The first-order valence-corrected chi connectivity index (χ1v) is 10.0. The lowest BCUT2D eigenvalue weighted by Crippen LogP contribution is -2.54. The number of halogens is 1. The van der Waals surface area contributed by atoms with Gasteiger partial charge in [-0.15, -0.1) is 0 Å². The van der Waals surface area contributed by atoms with Crippen LogP contribution in [0.4, 0.5) is 4.39 Å². The number of carbonyl (C=O) groups is 2. The van der Waals surface area contributed by atoms with Gasteiger partial charge in [-0.2, -0.15) is 0 Å². The topological polar surface area (TPSA) is 104 Å². The van der Waals surface area contributed by atoms with Gasteiger partial charge in [0.05, 0.1) is 11.7 Å². The molecule has 7 nitrogen and oxygen atoms in total. The Morgan fingerprint density at radius 1 is 1.35 bits per heavy atom. The van der Waals surface area contributed by atoms with Crippen LogP contribution in [0.1, 0.15) is 32.3 Å². The molecule has 1 amide bonds. The van der Waals surface area contributed by atoms with Gasteiger partial charge in [0.15, 0.2) is 5.54 Å². The molecule has 1 aromatic rings. The number of hydrogen-bond donors (Lipinski definition) is 2. The Morgan fingerprint density at radius 2 is 1.96 bits per heavy atom. The lowest BCUT2D eigenvalue weighted by Gasteiger charge is -2.34. The van der Waals surface area contributed by atoms with E-state index in [-0.39, 0.29) is 17.9 Å². The summed E-state index contributed by atoms with van der Waals surface area (Å²) >= 11 is 0. The number of nitrogens with zero attached hydrogens (tertiary/aromatic N) is 1. The maximum atomic E-state index is 13.1. The molecule has 2 N–H and O–H groups in total. The molecule has 9 heteroatoms.